The molecular formula is C16H20N2O3. The van der Waals surface area contributed by atoms with Crippen LogP contribution in [-0.2, 0) is 16.1 Å². The molecule has 0 spiro atoms. The summed E-state index contributed by atoms with van der Waals surface area (Å²) in [5.74, 6) is 0.965. The smallest absolute Gasteiger partial charge is 0.239 e. The zero-order valence-electron chi connectivity index (χ0n) is 12.2. The Hall–Kier alpha value is -1.85. The molecule has 1 saturated heterocycles. The summed E-state index contributed by atoms with van der Waals surface area (Å²) in [5.41, 5.74) is 0.876. The molecule has 1 amide bonds. The molecule has 0 aliphatic carbocycles. The van der Waals surface area contributed by atoms with Gasteiger partial charge in [-0.25, -0.2) is 0 Å². The van der Waals surface area contributed by atoms with Crippen molar-refractivity contribution in [2.24, 2.45) is 0 Å². The average Bonchev–Trinajstić information content (AvgIpc) is 2.95. The Balaban J connectivity index is 1.57. The number of nitrogens with zero attached hydrogens (tertiary/aromatic N) is 1. The SMILES string of the molecule is CC(NCc1cc2ccccc2o1)C(=O)N1CCOCC1. The number of fused-ring (bicyclic) bond motifs is 1. The summed E-state index contributed by atoms with van der Waals surface area (Å²) in [7, 11) is 0. The Morgan fingerprint density at radius 3 is 2.86 bits per heavy atom. The second-order valence-corrected chi connectivity index (χ2v) is 5.29. The van der Waals surface area contributed by atoms with Crippen molar-refractivity contribution in [2.45, 2.75) is 19.5 Å². The van der Waals surface area contributed by atoms with Crippen molar-refractivity contribution >= 4 is 16.9 Å². The van der Waals surface area contributed by atoms with Gasteiger partial charge in [-0.15, -0.1) is 0 Å². The average molecular weight is 288 g/mol. The maximum Gasteiger partial charge on any atom is 0.239 e. The van der Waals surface area contributed by atoms with Crippen molar-refractivity contribution in [1.29, 1.82) is 0 Å². The van der Waals surface area contributed by atoms with Crippen LogP contribution < -0.4 is 5.32 Å². The van der Waals surface area contributed by atoms with E-state index in [2.05, 4.69) is 5.32 Å². The van der Waals surface area contributed by atoms with Crippen molar-refractivity contribution in [3.63, 3.8) is 0 Å². The molecule has 1 N–H and O–H groups in total. The number of nitrogens with one attached hydrogen (secondary N) is 1. The van der Waals surface area contributed by atoms with Crippen LogP contribution >= 0.6 is 0 Å². The third-order valence-corrected chi connectivity index (χ3v) is 3.75. The van der Waals surface area contributed by atoms with E-state index in [9.17, 15) is 4.79 Å². The van der Waals surface area contributed by atoms with Crippen LogP contribution in [0.1, 0.15) is 12.7 Å². The van der Waals surface area contributed by atoms with Gasteiger partial charge in [0.1, 0.15) is 11.3 Å². The molecule has 3 rings (SSSR count). The van der Waals surface area contributed by atoms with Gasteiger partial charge in [-0.3, -0.25) is 10.1 Å². The van der Waals surface area contributed by atoms with E-state index in [-0.39, 0.29) is 11.9 Å². The molecule has 1 aliphatic rings. The molecule has 0 saturated carbocycles. The zero-order chi connectivity index (χ0) is 14.7. The molecule has 1 unspecified atom stereocenters. The van der Waals surface area contributed by atoms with E-state index in [1.807, 2.05) is 42.2 Å². The molecule has 1 fully saturated rings. The monoisotopic (exact) mass is 288 g/mol. The van der Waals surface area contributed by atoms with Crippen molar-refractivity contribution in [3.05, 3.63) is 36.1 Å². The van der Waals surface area contributed by atoms with E-state index >= 15 is 0 Å². The number of carbonyl (C=O) groups is 1. The van der Waals surface area contributed by atoms with Crippen molar-refractivity contribution < 1.29 is 13.9 Å². The number of benzene rings is 1. The van der Waals surface area contributed by atoms with Crippen molar-refractivity contribution in [1.82, 2.24) is 10.2 Å². The van der Waals surface area contributed by atoms with Gasteiger partial charge >= 0.3 is 0 Å². The van der Waals surface area contributed by atoms with Crippen LogP contribution in [0.4, 0.5) is 0 Å². The summed E-state index contributed by atoms with van der Waals surface area (Å²) in [6, 6.07) is 9.68. The molecule has 2 aromatic rings. The Labute approximate surface area is 123 Å². The second-order valence-electron chi connectivity index (χ2n) is 5.29. The number of para-hydroxylation sites is 1. The fourth-order valence-electron chi connectivity index (χ4n) is 2.52. The second kappa shape index (κ2) is 6.28. The van der Waals surface area contributed by atoms with E-state index in [0.29, 0.717) is 32.8 Å². The lowest BCUT2D eigenvalue weighted by molar-refractivity contribution is -0.137. The largest absolute Gasteiger partial charge is 0.460 e. The van der Waals surface area contributed by atoms with Crippen LogP contribution in [0.5, 0.6) is 0 Å². The lowest BCUT2D eigenvalue weighted by Gasteiger charge is -2.29. The number of amides is 1. The molecule has 1 aromatic carbocycles. The van der Waals surface area contributed by atoms with E-state index in [0.717, 1.165) is 16.7 Å². The van der Waals surface area contributed by atoms with Gasteiger partial charge in [-0.05, 0) is 19.1 Å². The predicted molar refractivity (Wildman–Crippen MR) is 79.9 cm³/mol. The molecule has 1 aliphatic heterocycles. The molecule has 1 aromatic heterocycles. The van der Waals surface area contributed by atoms with E-state index in [1.54, 1.807) is 0 Å². The van der Waals surface area contributed by atoms with E-state index in [1.165, 1.54) is 0 Å². The number of hydrogen-bond acceptors (Lipinski definition) is 4. The van der Waals surface area contributed by atoms with Gasteiger partial charge in [0.15, 0.2) is 0 Å². The molecule has 112 valence electrons. The summed E-state index contributed by atoms with van der Waals surface area (Å²) in [4.78, 5) is 14.1. The highest BCUT2D eigenvalue weighted by molar-refractivity contribution is 5.81. The first-order valence-electron chi connectivity index (χ1n) is 7.31. The fourth-order valence-corrected chi connectivity index (χ4v) is 2.52. The predicted octanol–water partition coefficient (Wildman–Crippen LogP) is 1.77. The number of ether oxygens (including phenoxy) is 1. The standard InChI is InChI=1S/C16H20N2O3/c1-12(16(19)18-6-8-20-9-7-18)17-11-14-10-13-4-2-3-5-15(13)21-14/h2-5,10,12,17H,6-9,11H2,1H3. The van der Waals surface area contributed by atoms with Gasteiger partial charge in [0, 0.05) is 18.5 Å². The number of carbonyl (C=O) groups excluding carboxylic acids is 1. The molecule has 5 heteroatoms. The lowest BCUT2D eigenvalue weighted by Crippen LogP contribution is -2.49. The number of hydrogen-bond donors (Lipinski definition) is 1. The summed E-state index contributed by atoms with van der Waals surface area (Å²) in [6.07, 6.45) is 0. The quantitative estimate of drug-likeness (QED) is 0.931. The first-order valence-corrected chi connectivity index (χ1v) is 7.31. The Kier molecular flexibility index (Phi) is 4.22. The zero-order valence-corrected chi connectivity index (χ0v) is 12.2. The summed E-state index contributed by atoms with van der Waals surface area (Å²) in [6.45, 7) is 5.04. The van der Waals surface area contributed by atoms with Crippen LogP contribution in [0.2, 0.25) is 0 Å². The molecule has 5 nitrogen and oxygen atoms in total. The topological polar surface area (TPSA) is 54.7 Å². The van der Waals surface area contributed by atoms with Gasteiger partial charge in [0.05, 0.1) is 25.8 Å². The van der Waals surface area contributed by atoms with Crippen LogP contribution in [0.15, 0.2) is 34.7 Å². The third kappa shape index (κ3) is 3.25. The maximum absolute atomic E-state index is 12.3. The normalized spacial score (nSPS) is 17.1. The van der Waals surface area contributed by atoms with E-state index in [4.69, 9.17) is 9.15 Å². The van der Waals surface area contributed by atoms with Gasteiger partial charge in [-0.2, -0.15) is 0 Å². The number of furan rings is 1. The number of morpholine rings is 1. The van der Waals surface area contributed by atoms with Gasteiger partial charge < -0.3 is 14.1 Å². The lowest BCUT2D eigenvalue weighted by atomic mass is 10.2. The third-order valence-electron chi connectivity index (χ3n) is 3.75. The van der Waals surface area contributed by atoms with Crippen LogP contribution in [0, 0.1) is 0 Å². The summed E-state index contributed by atoms with van der Waals surface area (Å²) < 4.78 is 11.0. The Morgan fingerprint density at radius 1 is 1.33 bits per heavy atom. The summed E-state index contributed by atoms with van der Waals surface area (Å²) >= 11 is 0. The molecule has 21 heavy (non-hydrogen) atoms. The minimum atomic E-state index is -0.226. The van der Waals surface area contributed by atoms with Crippen LogP contribution in [0.25, 0.3) is 11.0 Å². The van der Waals surface area contributed by atoms with E-state index < -0.39 is 0 Å². The van der Waals surface area contributed by atoms with Gasteiger partial charge in [0.25, 0.3) is 0 Å². The number of rotatable bonds is 4. The Bertz CT molecular complexity index is 584. The minimum absolute atomic E-state index is 0.120. The molecular weight excluding hydrogens is 268 g/mol. The van der Waals surface area contributed by atoms with Gasteiger partial charge in [-0.1, -0.05) is 18.2 Å². The maximum atomic E-state index is 12.3. The molecule has 1 atom stereocenters. The first kappa shape index (κ1) is 14.1. The van der Waals surface area contributed by atoms with Crippen LogP contribution in [-0.4, -0.2) is 43.2 Å². The fraction of sp³-hybridized carbons (Fsp3) is 0.438. The van der Waals surface area contributed by atoms with Crippen LogP contribution in [0.3, 0.4) is 0 Å². The summed E-state index contributed by atoms with van der Waals surface area (Å²) in [5, 5.41) is 4.32. The highest BCUT2D eigenvalue weighted by atomic mass is 16.5. The van der Waals surface area contributed by atoms with Crippen molar-refractivity contribution in [3.8, 4) is 0 Å². The van der Waals surface area contributed by atoms with Gasteiger partial charge in [0.2, 0.25) is 5.91 Å². The Morgan fingerprint density at radius 2 is 2.10 bits per heavy atom. The molecule has 2 heterocycles. The molecule has 0 radical (unpaired) electrons. The highest BCUT2D eigenvalue weighted by Gasteiger charge is 2.22. The van der Waals surface area contributed by atoms with Crippen molar-refractivity contribution in [2.75, 3.05) is 26.3 Å². The first-order chi connectivity index (χ1) is 10.2. The highest BCUT2D eigenvalue weighted by Crippen LogP contribution is 2.18. The minimum Gasteiger partial charge on any atom is -0.460 e. The molecule has 0 bridgehead atoms.